The van der Waals surface area contributed by atoms with E-state index >= 15 is 0 Å². The van der Waals surface area contributed by atoms with Gasteiger partial charge in [0.05, 0.1) is 33.7 Å². The summed E-state index contributed by atoms with van der Waals surface area (Å²) in [4.78, 5) is 42.5. The number of para-hydroxylation sites is 1. The molecule has 3 heterocycles. The van der Waals surface area contributed by atoms with Gasteiger partial charge in [0.25, 0.3) is 11.8 Å². The maximum Gasteiger partial charge on any atom is 0.267 e. The first-order valence-electron chi connectivity index (χ1n) is 10.9. The number of carbonyl (C=O) groups excluding carboxylic acids is 3. The van der Waals surface area contributed by atoms with Crippen LogP contribution < -0.4 is 10.2 Å². The lowest BCUT2D eigenvalue weighted by atomic mass is 10.1. The number of nitrogens with zero attached hydrogens (tertiary/aromatic N) is 2. The van der Waals surface area contributed by atoms with Gasteiger partial charge in [0.15, 0.2) is 9.84 Å². The maximum atomic E-state index is 13.5. The molecule has 0 radical (unpaired) electrons. The fourth-order valence-electron chi connectivity index (χ4n) is 4.46. The summed E-state index contributed by atoms with van der Waals surface area (Å²) >= 11 is 6.41. The second-order valence-corrected chi connectivity index (χ2v) is 12.5. The third-order valence-corrected chi connectivity index (χ3v) is 9.31. The number of benzene rings is 2. The van der Waals surface area contributed by atoms with E-state index in [1.165, 1.54) is 9.80 Å². The molecule has 0 bridgehead atoms. The van der Waals surface area contributed by atoms with Crippen molar-refractivity contribution in [2.24, 2.45) is 0 Å². The molecular formula is C24H21N3O5S3. The second kappa shape index (κ2) is 8.89. The Balaban J connectivity index is 1.44. The van der Waals surface area contributed by atoms with Crippen LogP contribution in [0, 0.1) is 6.92 Å². The largest absolute Gasteiger partial charge is 0.325 e. The number of amides is 3. The Kier molecular flexibility index (Phi) is 6.02. The van der Waals surface area contributed by atoms with Crippen LogP contribution >= 0.6 is 24.0 Å². The van der Waals surface area contributed by atoms with E-state index in [4.69, 9.17) is 12.2 Å². The molecule has 0 spiro atoms. The number of aryl methyl sites for hydroxylation is 1. The molecule has 1 N–H and O–H groups in total. The lowest BCUT2D eigenvalue weighted by molar-refractivity contribution is -0.123. The van der Waals surface area contributed by atoms with Crippen LogP contribution in [0.1, 0.15) is 17.5 Å². The third-order valence-electron chi connectivity index (χ3n) is 6.16. The van der Waals surface area contributed by atoms with Gasteiger partial charge in [-0.2, -0.15) is 0 Å². The smallest absolute Gasteiger partial charge is 0.267 e. The molecule has 3 aliphatic heterocycles. The van der Waals surface area contributed by atoms with Crippen LogP contribution in [0.3, 0.4) is 0 Å². The van der Waals surface area contributed by atoms with Crippen LogP contribution in [0.5, 0.6) is 0 Å². The quantitative estimate of drug-likeness (QED) is 0.482. The van der Waals surface area contributed by atoms with Gasteiger partial charge in [0, 0.05) is 11.3 Å². The SMILES string of the molecule is Cc1ccc(NC(=O)CN2C(=O)C(=C3SC(=S)N(C4CCS(=O)(=O)C4)C3=O)c3ccccc32)cc1. The number of anilines is 2. The molecule has 0 aromatic heterocycles. The van der Waals surface area contributed by atoms with Crippen molar-refractivity contribution in [2.45, 2.75) is 19.4 Å². The van der Waals surface area contributed by atoms with Crippen molar-refractivity contribution in [3.8, 4) is 0 Å². The highest BCUT2D eigenvalue weighted by atomic mass is 32.2. The first kappa shape index (κ1) is 23.7. The summed E-state index contributed by atoms with van der Waals surface area (Å²) in [5, 5.41) is 2.79. The molecule has 0 saturated carbocycles. The van der Waals surface area contributed by atoms with Crippen LogP contribution in [-0.2, 0) is 24.2 Å². The van der Waals surface area contributed by atoms with Crippen LogP contribution in [0.2, 0.25) is 0 Å². The maximum absolute atomic E-state index is 13.5. The predicted molar refractivity (Wildman–Crippen MR) is 140 cm³/mol. The van der Waals surface area contributed by atoms with Crippen molar-refractivity contribution in [3.63, 3.8) is 0 Å². The van der Waals surface area contributed by atoms with E-state index in [2.05, 4.69) is 5.32 Å². The van der Waals surface area contributed by atoms with Crippen molar-refractivity contribution in [2.75, 3.05) is 28.3 Å². The number of hydrogen-bond acceptors (Lipinski definition) is 7. The second-order valence-electron chi connectivity index (χ2n) is 8.63. The van der Waals surface area contributed by atoms with Gasteiger partial charge in [0.2, 0.25) is 5.91 Å². The molecule has 1 unspecified atom stereocenters. The van der Waals surface area contributed by atoms with Crippen LogP contribution in [0.25, 0.3) is 5.57 Å². The summed E-state index contributed by atoms with van der Waals surface area (Å²) in [5.74, 6) is -1.44. The molecule has 2 fully saturated rings. The number of carbonyl (C=O) groups is 3. The van der Waals surface area contributed by atoms with Crippen LogP contribution in [-0.4, -0.2) is 59.5 Å². The fourth-order valence-corrected chi connectivity index (χ4v) is 7.63. The zero-order chi connectivity index (χ0) is 24.9. The molecule has 2 aromatic rings. The van der Waals surface area contributed by atoms with Crippen molar-refractivity contribution in [1.29, 1.82) is 0 Å². The third kappa shape index (κ3) is 4.39. The van der Waals surface area contributed by atoms with Gasteiger partial charge in [-0.05, 0) is 31.5 Å². The highest BCUT2D eigenvalue weighted by Gasteiger charge is 2.46. The van der Waals surface area contributed by atoms with E-state index < -0.39 is 27.7 Å². The monoisotopic (exact) mass is 527 g/mol. The number of hydrogen-bond donors (Lipinski definition) is 1. The number of thiocarbonyl (C=S) groups is 1. The minimum atomic E-state index is -3.22. The summed E-state index contributed by atoms with van der Waals surface area (Å²) < 4.78 is 24.2. The van der Waals surface area contributed by atoms with E-state index in [1.54, 1.807) is 36.4 Å². The van der Waals surface area contributed by atoms with Crippen molar-refractivity contribution in [1.82, 2.24) is 4.90 Å². The Morgan fingerprint density at radius 3 is 2.51 bits per heavy atom. The summed E-state index contributed by atoms with van der Waals surface area (Å²) in [7, 11) is -3.22. The number of sulfone groups is 1. The molecule has 5 rings (SSSR count). The lowest BCUT2D eigenvalue weighted by Crippen LogP contribution is -2.39. The number of fused-ring (bicyclic) bond motifs is 1. The molecule has 8 nitrogen and oxygen atoms in total. The topological polar surface area (TPSA) is 104 Å². The Morgan fingerprint density at radius 2 is 1.83 bits per heavy atom. The minimum Gasteiger partial charge on any atom is -0.325 e. The van der Waals surface area contributed by atoms with Crippen molar-refractivity contribution in [3.05, 3.63) is 64.6 Å². The fraction of sp³-hybridized carbons (Fsp3) is 0.250. The van der Waals surface area contributed by atoms with Crippen molar-refractivity contribution >= 4 is 72.8 Å². The molecule has 2 saturated heterocycles. The highest BCUT2D eigenvalue weighted by molar-refractivity contribution is 8.26. The zero-order valence-corrected chi connectivity index (χ0v) is 21.1. The number of thioether (sulfide) groups is 1. The average Bonchev–Trinajstić information content (AvgIpc) is 3.40. The number of rotatable bonds is 4. The molecule has 3 amide bonds. The van der Waals surface area contributed by atoms with Gasteiger partial charge in [-0.15, -0.1) is 0 Å². The van der Waals surface area contributed by atoms with E-state index in [0.717, 1.165) is 17.3 Å². The molecule has 0 aliphatic carbocycles. The summed E-state index contributed by atoms with van der Waals surface area (Å²) in [6.45, 7) is 1.72. The van der Waals surface area contributed by atoms with Gasteiger partial charge < -0.3 is 5.32 Å². The first-order valence-corrected chi connectivity index (χ1v) is 14.0. The van der Waals surface area contributed by atoms with Gasteiger partial charge in [-0.3, -0.25) is 24.2 Å². The Bertz CT molecular complexity index is 1420. The van der Waals surface area contributed by atoms with Gasteiger partial charge in [-0.25, -0.2) is 8.42 Å². The van der Waals surface area contributed by atoms with E-state index in [9.17, 15) is 22.8 Å². The Labute approximate surface area is 212 Å². The normalized spacial score (nSPS) is 23.2. The summed E-state index contributed by atoms with van der Waals surface area (Å²) in [6, 6.07) is 13.8. The van der Waals surface area contributed by atoms with Gasteiger partial charge in [0.1, 0.15) is 10.9 Å². The lowest BCUT2D eigenvalue weighted by Gasteiger charge is -2.21. The molecule has 3 aliphatic rings. The van der Waals surface area contributed by atoms with Gasteiger partial charge in [-0.1, -0.05) is 59.9 Å². The van der Waals surface area contributed by atoms with E-state index in [0.29, 0.717) is 23.4 Å². The molecule has 1 atom stereocenters. The molecule has 11 heteroatoms. The average molecular weight is 528 g/mol. The highest BCUT2D eigenvalue weighted by Crippen LogP contribution is 2.45. The van der Waals surface area contributed by atoms with Crippen LogP contribution in [0.15, 0.2) is 53.4 Å². The molecule has 180 valence electrons. The zero-order valence-electron chi connectivity index (χ0n) is 18.7. The van der Waals surface area contributed by atoms with E-state index in [1.807, 2.05) is 19.1 Å². The standard InChI is InChI=1S/C24H21N3O5S3/c1-14-6-8-15(9-7-14)25-19(28)12-26-18-5-3-2-4-17(18)20(22(26)29)21-23(30)27(24(33)34-21)16-10-11-35(31,32)13-16/h2-9,16H,10-13H2,1H3,(H,25,28). The summed E-state index contributed by atoms with van der Waals surface area (Å²) in [6.07, 6.45) is 0.313. The molecular weight excluding hydrogens is 506 g/mol. The Morgan fingerprint density at radius 1 is 1.11 bits per heavy atom. The minimum absolute atomic E-state index is 0.00622. The van der Waals surface area contributed by atoms with Gasteiger partial charge >= 0.3 is 0 Å². The van der Waals surface area contributed by atoms with E-state index in [-0.39, 0.29) is 38.8 Å². The first-order chi connectivity index (χ1) is 16.6. The van der Waals surface area contributed by atoms with Crippen LogP contribution in [0.4, 0.5) is 11.4 Å². The molecule has 35 heavy (non-hydrogen) atoms. The molecule has 2 aromatic carbocycles. The summed E-state index contributed by atoms with van der Waals surface area (Å²) in [5.41, 5.74) is 2.93. The van der Waals surface area contributed by atoms with Crippen molar-refractivity contribution < 1.29 is 22.8 Å². The number of nitrogens with one attached hydrogen (secondary N) is 1. The predicted octanol–water partition coefficient (Wildman–Crippen LogP) is 2.74. The Hall–Kier alpha value is -3.02.